The minimum absolute atomic E-state index is 0.701. The normalized spacial score (nSPS) is 15.9. The van der Waals surface area contributed by atoms with Crippen molar-refractivity contribution < 1.29 is 0 Å². The highest BCUT2D eigenvalue weighted by Crippen LogP contribution is 2.37. The summed E-state index contributed by atoms with van der Waals surface area (Å²) in [6.07, 6.45) is 5.57. The first kappa shape index (κ1) is 27.3. The third-order valence-electron chi connectivity index (χ3n) is 3.55. The molecule has 0 aromatic carbocycles. The molecule has 0 radical (unpaired) electrons. The molecule has 0 spiro atoms. The van der Waals surface area contributed by atoms with E-state index in [1.54, 1.807) is 0 Å². The quantitative estimate of drug-likeness (QED) is 0.547. The van der Waals surface area contributed by atoms with E-state index in [9.17, 15) is 0 Å². The van der Waals surface area contributed by atoms with Crippen LogP contribution in [0.25, 0.3) is 0 Å². The summed E-state index contributed by atoms with van der Waals surface area (Å²) in [5.74, 6) is 0. The molecular formula is C18H45N. The molecule has 1 aliphatic rings. The smallest absolute Gasteiger partial charge is 0.00165 e. The van der Waals surface area contributed by atoms with Crippen LogP contribution in [0.15, 0.2) is 0 Å². The summed E-state index contributed by atoms with van der Waals surface area (Å²) in [5, 5.41) is 0. The van der Waals surface area contributed by atoms with Crippen molar-refractivity contribution >= 4 is 0 Å². The number of hydrogen-bond donors (Lipinski definition) is 0. The molecule has 0 aromatic rings. The van der Waals surface area contributed by atoms with Gasteiger partial charge >= 0.3 is 0 Å². The van der Waals surface area contributed by atoms with Crippen molar-refractivity contribution in [2.24, 2.45) is 5.41 Å². The van der Waals surface area contributed by atoms with Crippen LogP contribution in [0.4, 0.5) is 0 Å². The van der Waals surface area contributed by atoms with Gasteiger partial charge in [0.1, 0.15) is 0 Å². The van der Waals surface area contributed by atoms with Gasteiger partial charge in [0.2, 0.25) is 0 Å². The lowest BCUT2D eigenvalue weighted by Crippen LogP contribution is -2.37. The van der Waals surface area contributed by atoms with Crippen molar-refractivity contribution in [3.8, 4) is 0 Å². The Hall–Kier alpha value is -0.0400. The number of hydrogen-bond acceptors (Lipinski definition) is 1. The van der Waals surface area contributed by atoms with E-state index in [1.165, 1.54) is 38.8 Å². The summed E-state index contributed by atoms with van der Waals surface area (Å²) in [6.45, 7) is 23.3. The molecule has 122 valence electrons. The second-order valence-corrected chi connectivity index (χ2v) is 4.01. The lowest BCUT2D eigenvalue weighted by Gasteiger charge is -2.39. The maximum atomic E-state index is 2.45. The van der Waals surface area contributed by atoms with E-state index in [0.29, 0.717) is 5.41 Å². The number of piperidine rings is 1. The predicted octanol–water partition coefficient (Wildman–Crippen LogP) is 6.62. The molecule has 19 heavy (non-hydrogen) atoms. The topological polar surface area (TPSA) is 3.24 Å². The SMILES string of the molecule is CC.CC.CC.CC.CCC1(CC)CCN(C)CC1. The molecule has 0 saturated carbocycles. The molecule has 0 N–H and O–H groups in total. The third-order valence-corrected chi connectivity index (χ3v) is 3.55. The second-order valence-electron chi connectivity index (χ2n) is 4.01. The Bertz CT molecular complexity index is 107. The molecule has 1 rings (SSSR count). The van der Waals surface area contributed by atoms with E-state index in [-0.39, 0.29) is 0 Å². The van der Waals surface area contributed by atoms with Gasteiger partial charge in [0.15, 0.2) is 0 Å². The molecule has 0 unspecified atom stereocenters. The Morgan fingerprint density at radius 2 is 0.947 bits per heavy atom. The van der Waals surface area contributed by atoms with E-state index in [0.717, 1.165) is 0 Å². The van der Waals surface area contributed by atoms with E-state index < -0.39 is 0 Å². The summed E-state index contributed by atoms with van der Waals surface area (Å²) < 4.78 is 0. The third kappa shape index (κ3) is 14.2. The molecule has 1 nitrogen and oxygen atoms in total. The van der Waals surface area contributed by atoms with Crippen molar-refractivity contribution in [3.63, 3.8) is 0 Å². The monoisotopic (exact) mass is 275 g/mol. The van der Waals surface area contributed by atoms with Crippen LogP contribution in [-0.4, -0.2) is 25.0 Å². The summed E-state index contributed by atoms with van der Waals surface area (Å²) in [6, 6.07) is 0. The largest absolute Gasteiger partial charge is 0.306 e. The van der Waals surface area contributed by atoms with Crippen molar-refractivity contribution in [1.82, 2.24) is 4.90 Å². The van der Waals surface area contributed by atoms with E-state index in [4.69, 9.17) is 0 Å². The molecule has 1 aliphatic heterocycles. The first-order valence-corrected chi connectivity index (χ1v) is 8.91. The van der Waals surface area contributed by atoms with Crippen LogP contribution in [0.1, 0.15) is 94.9 Å². The summed E-state index contributed by atoms with van der Waals surface area (Å²) in [5.41, 5.74) is 0.701. The molecule has 1 fully saturated rings. The predicted molar refractivity (Wildman–Crippen MR) is 95.1 cm³/mol. The molecule has 0 bridgehead atoms. The minimum atomic E-state index is 0.701. The lowest BCUT2D eigenvalue weighted by atomic mass is 9.74. The number of likely N-dealkylation sites (tertiary alicyclic amines) is 1. The van der Waals surface area contributed by atoms with Crippen LogP contribution >= 0.6 is 0 Å². The maximum Gasteiger partial charge on any atom is -0.00165 e. The lowest BCUT2D eigenvalue weighted by molar-refractivity contribution is 0.113. The molecule has 1 heterocycles. The van der Waals surface area contributed by atoms with E-state index in [1.807, 2.05) is 55.4 Å². The van der Waals surface area contributed by atoms with Gasteiger partial charge in [-0.05, 0) is 38.4 Å². The average molecular weight is 276 g/mol. The zero-order valence-electron chi connectivity index (χ0n) is 16.2. The molecule has 0 amide bonds. The van der Waals surface area contributed by atoms with E-state index >= 15 is 0 Å². The van der Waals surface area contributed by atoms with Gasteiger partial charge in [-0.1, -0.05) is 82.1 Å². The highest BCUT2D eigenvalue weighted by atomic mass is 15.1. The van der Waals surface area contributed by atoms with Crippen molar-refractivity contribution in [3.05, 3.63) is 0 Å². The Morgan fingerprint density at radius 3 is 1.16 bits per heavy atom. The van der Waals surface area contributed by atoms with Crippen molar-refractivity contribution in [1.29, 1.82) is 0 Å². The molecule has 0 aliphatic carbocycles. The van der Waals surface area contributed by atoms with Gasteiger partial charge in [0.25, 0.3) is 0 Å². The zero-order valence-corrected chi connectivity index (χ0v) is 16.2. The van der Waals surface area contributed by atoms with Gasteiger partial charge < -0.3 is 4.90 Å². The fourth-order valence-corrected chi connectivity index (χ4v) is 2.05. The average Bonchev–Trinajstić information content (AvgIpc) is 2.56. The summed E-state index contributed by atoms with van der Waals surface area (Å²) in [4.78, 5) is 2.45. The number of nitrogens with zero attached hydrogens (tertiary/aromatic N) is 1. The second kappa shape index (κ2) is 23.1. The van der Waals surface area contributed by atoms with Gasteiger partial charge in [-0.15, -0.1) is 0 Å². The molecule has 1 saturated heterocycles. The van der Waals surface area contributed by atoms with E-state index in [2.05, 4.69) is 25.8 Å². The zero-order chi connectivity index (χ0) is 16.3. The van der Waals surface area contributed by atoms with Gasteiger partial charge in [0, 0.05) is 0 Å². The highest BCUT2D eigenvalue weighted by molar-refractivity contribution is 4.82. The number of rotatable bonds is 2. The first-order valence-electron chi connectivity index (χ1n) is 8.91. The standard InChI is InChI=1S/C10H21N.4C2H6/c1-4-10(5-2)6-8-11(3)9-7-10;4*1-2/h4-9H2,1-3H3;4*1-2H3. The molecule has 1 heteroatoms. The van der Waals surface area contributed by atoms with Crippen LogP contribution in [-0.2, 0) is 0 Å². The molecule has 0 aromatic heterocycles. The Morgan fingerprint density at radius 1 is 0.684 bits per heavy atom. The van der Waals surface area contributed by atoms with Gasteiger partial charge in [-0.25, -0.2) is 0 Å². The Kier molecular flexibility index (Phi) is 33.2. The summed E-state index contributed by atoms with van der Waals surface area (Å²) in [7, 11) is 2.23. The fraction of sp³-hybridized carbons (Fsp3) is 1.00. The Labute approximate surface area is 126 Å². The van der Waals surface area contributed by atoms with Crippen LogP contribution in [0.5, 0.6) is 0 Å². The minimum Gasteiger partial charge on any atom is -0.306 e. The Balaban J connectivity index is -0.000000121. The summed E-state index contributed by atoms with van der Waals surface area (Å²) >= 11 is 0. The fourth-order valence-electron chi connectivity index (χ4n) is 2.05. The van der Waals surface area contributed by atoms with Crippen LogP contribution < -0.4 is 0 Å². The first-order chi connectivity index (χ1) is 9.22. The van der Waals surface area contributed by atoms with Crippen molar-refractivity contribution in [2.75, 3.05) is 20.1 Å². The van der Waals surface area contributed by atoms with Gasteiger partial charge in [0.05, 0.1) is 0 Å². The highest BCUT2D eigenvalue weighted by Gasteiger charge is 2.29. The van der Waals surface area contributed by atoms with Crippen LogP contribution in [0.3, 0.4) is 0 Å². The molecular weight excluding hydrogens is 230 g/mol. The van der Waals surface area contributed by atoms with Gasteiger partial charge in [-0.3, -0.25) is 0 Å². The maximum absolute atomic E-state index is 2.45. The van der Waals surface area contributed by atoms with Crippen molar-refractivity contribution in [2.45, 2.75) is 94.9 Å². The van der Waals surface area contributed by atoms with Crippen LogP contribution in [0, 0.1) is 5.41 Å². The van der Waals surface area contributed by atoms with Crippen LogP contribution in [0.2, 0.25) is 0 Å². The molecule has 0 atom stereocenters. The van der Waals surface area contributed by atoms with Gasteiger partial charge in [-0.2, -0.15) is 0 Å².